The van der Waals surface area contributed by atoms with E-state index in [0.29, 0.717) is 17.6 Å². The summed E-state index contributed by atoms with van der Waals surface area (Å²) in [4.78, 5) is 22.9. The van der Waals surface area contributed by atoms with Gasteiger partial charge in [0.2, 0.25) is 0 Å². The van der Waals surface area contributed by atoms with Crippen molar-refractivity contribution < 1.29 is 28.0 Å². The molecular formula is C19H32N5O6P. The molecule has 11 nitrogen and oxygen atoms in total. The Labute approximate surface area is 181 Å². The summed E-state index contributed by atoms with van der Waals surface area (Å²) in [5.41, 5.74) is 5.78. The highest BCUT2D eigenvalue weighted by Gasteiger charge is 2.51. The third kappa shape index (κ3) is 5.60. The number of nitrogen functional groups attached to an aromatic ring is 1. The zero-order valence-corrected chi connectivity index (χ0v) is 19.9. The number of imidazole rings is 1. The molecule has 0 spiro atoms. The van der Waals surface area contributed by atoms with E-state index in [9.17, 15) is 9.46 Å². The van der Waals surface area contributed by atoms with Gasteiger partial charge in [-0.1, -0.05) is 20.8 Å². The summed E-state index contributed by atoms with van der Waals surface area (Å²) in [6.07, 6.45) is 0.563. The number of methoxy groups -OCH3 is 1. The molecule has 1 aliphatic heterocycles. The SMILES string of the molecule is CO[C@@H]1[C@H](OP(=O)(O)OC(C)(C)C)[C@@H](CC(C)(C)C)O[C@H]1n1cnc2c(N)ncnc21. The smallest absolute Gasteiger partial charge is 0.382 e. The molecule has 1 fully saturated rings. The van der Waals surface area contributed by atoms with Crippen LogP contribution >= 0.6 is 7.82 Å². The van der Waals surface area contributed by atoms with Crippen LogP contribution in [0.5, 0.6) is 0 Å². The first-order valence-electron chi connectivity index (χ1n) is 10.0. The fourth-order valence-corrected chi connectivity index (χ4v) is 4.95. The van der Waals surface area contributed by atoms with Gasteiger partial charge in [-0.2, -0.15) is 0 Å². The molecule has 3 rings (SSSR count). The van der Waals surface area contributed by atoms with Crippen LogP contribution in [-0.2, 0) is 23.1 Å². The maximum Gasteiger partial charge on any atom is 0.473 e. The van der Waals surface area contributed by atoms with Crippen LogP contribution in [0.1, 0.15) is 54.2 Å². The van der Waals surface area contributed by atoms with Crippen LogP contribution in [0, 0.1) is 5.41 Å². The summed E-state index contributed by atoms with van der Waals surface area (Å²) < 4.78 is 37.4. The fraction of sp³-hybridized carbons (Fsp3) is 0.737. The standard InChI is InChI=1S/C19H32N5O6P/c1-18(2,3)8-11-13(29-31(25,26)30-19(4,5)6)14(27-7)17(28-11)24-10-23-12-15(20)21-9-22-16(12)24/h9-11,13-14,17H,8H2,1-7H3,(H,25,26)(H2,20,21,22)/t11-,13-,14-,17-/m1/s1. The Morgan fingerprint density at radius 3 is 2.45 bits per heavy atom. The predicted octanol–water partition coefficient (Wildman–Crippen LogP) is 3.06. The number of ether oxygens (including phenoxy) is 2. The third-order valence-electron chi connectivity index (χ3n) is 4.68. The largest absolute Gasteiger partial charge is 0.473 e. The quantitative estimate of drug-likeness (QED) is 0.621. The van der Waals surface area contributed by atoms with Crippen molar-refractivity contribution in [1.29, 1.82) is 0 Å². The molecule has 0 amide bonds. The predicted molar refractivity (Wildman–Crippen MR) is 114 cm³/mol. The van der Waals surface area contributed by atoms with E-state index in [2.05, 4.69) is 15.0 Å². The van der Waals surface area contributed by atoms with Gasteiger partial charge in [-0.25, -0.2) is 19.5 Å². The lowest BCUT2D eigenvalue weighted by atomic mass is 9.87. The molecule has 0 bridgehead atoms. The number of nitrogens with two attached hydrogens (primary N) is 1. The highest BCUT2D eigenvalue weighted by molar-refractivity contribution is 7.47. The first-order valence-corrected chi connectivity index (χ1v) is 11.5. The van der Waals surface area contributed by atoms with Crippen molar-refractivity contribution in [1.82, 2.24) is 19.5 Å². The number of aromatic nitrogens is 4. The second kappa shape index (κ2) is 8.38. The van der Waals surface area contributed by atoms with Gasteiger partial charge in [-0.05, 0) is 32.6 Å². The van der Waals surface area contributed by atoms with E-state index in [0.717, 1.165) is 0 Å². The second-order valence-corrected chi connectivity index (χ2v) is 11.2. The average Bonchev–Trinajstić information content (AvgIpc) is 3.13. The fourth-order valence-electron chi connectivity index (χ4n) is 3.66. The molecule has 0 aromatic carbocycles. The topological polar surface area (TPSA) is 144 Å². The van der Waals surface area contributed by atoms with Gasteiger partial charge in [0.25, 0.3) is 0 Å². The van der Waals surface area contributed by atoms with Gasteiger partial charge in [0.05, 0.1) is 18.0 Å². The van der Waals surface area contributed by atoms with Crippen molar-refractivity contribution in [3.8, 4) is 0 Å². The number of phosphoric ester groups is 1. The number of rotatable bonds is 6. The lowest BCUT2D eigenvalue weighted by molar-refractivity contribution is -0.0550. The molecule has 31 heavy (non-hydrogen) atoms. The number of hydrogen-bond donors (Lipinski definition) is 2. The minimum Gasteiger partial charge on any atom is -0.382 e. The van der Waals surface area contributed by atoms with Crippen LogP contribution in [0.25, 0.3) is 11.2 Å². The molecular weight excluding hydrogens is 425 g/mol. The molecule has 1 unspecified atom stereocenters. The van der Waals surface area contributed by atoms with Gasteiger partial charge in [0.1, 0.15) is 24.1 Å². The van der Waals surface area contributed by atoms with Crippen LogP contribution in [-0.4, -0.2) is 55.4 Å². The summed E-state index contributed by atoms with van der Waals surface area (Å²) in [5, 5.41) is 0. The normalized spacial score (nSPS) is 27.0. The molecule has 1 saturated heterocycles. The summed E-state index contributed by atoms with van der Waals surface area (Å²) in [6.45, 7) is 11.2. The van der Waals surface area contributed by atoms with Crippen molar-refractivity contribution in [2.75, 3.05) is 12.8 Å². The zero-order valence-electron chi connectivity index (χ0n) is 19.0. The second-order valence-electron chi connectivity index (χ2n) is 9.86. The number of anilines is 1. The van der Waals surface area contributed by atoms with E-state index >= 15 is 0 Å². The number of phosphoric acid groups is 1. The minimum atomic E-state index is -4.41. The molecule has 0 radical (unpaired) electrons. The van der Waals surface area contributed by atoms with Crippen LogP contribution in [0.4, 0.5) is 5.82 Å². The monoisotopic (exact) mass is 457 g/mol. The van der Waals surface area contributed by atoms with Gasteiger partial charge in [0, 0.05) is 7.11 Å². The van der Waals surface area contributed by atoms with E-state index in [1.807, 2.05) is 20.8 Å². The average molecular weight is 457 g/mol. The Bertz CT molecular complexity index is 969. The van der Waals surface area contributed by atoms with Crippen molar-refractivity contribution in [3.05, 3.63) is 12.7 Å². The number of hydrogen-bond acceptors (Lipinski definition) is 9. The van der Waals surface area contributed by atoms with E-state index < -0.39 is 38.0 Å². The molecule has 2 aromatic heterocycles. The summed E-state index contributed by atoms with van der Waals surface area (Å²) in [5.74, 6) is 0.244. The molecule has 1 aliphatic rings. The minimum absolute atomic E-state index is 0.145. The van der Waals surface area contributed by atoms with Gasteiger partial charge >= 0.3 is 7.82 Å². The first-order chi connectivity index (χ1) is 14.2. The lowest BCUT2D eigenvalue weighted by Crippen LogP contribution is -2.37. The van der Waals surface area contributed by atoms with Crippen LogP contribution in [0.15, 0.2) is 12.7 Å². The Balaban J connectivity index is 1.99. The molecule has 12 heteroatoms. The highest BCUT2D eigenvalue weighted by atomic mass is 31.2. The van der Waals surface area contributed by atoms with Crippen molar-refractivity contribution in [3.63, 3.8) is 0 Å². The van der Waals surface area contributed by atoms with Crippen LogP contribution in [0.2, 0.25) is 0 Å². The summed E-state index contributed by atoms with van der Waals surface area (Å²) >= 11 is 0. The Morgan fingerprint density at radius 1 is 1.19 bits per heavy atom. The van der Waals surface area contributed by atoms with E-state index in [-0.39, 0.29) is 11.2 Å². The third-order valence-corrected chi connectivity index (χ3v) is 5.96. The van der Waals surface area contributed by atoms with E-state index in [1.54, 1.807) is 25.3 Å². The first kappa shape index (κ1) is 24.0. The highest BCUT2D eigenvalue weighted by Crippen LogP contribution is 2.52. The zero-order chi connectivity index (χ0) is 23.2. The van der Waals surface area contributed by atoms with Crippen LogP contribution in [0.3, 0.4) is 0 Å². The van der Waals surface area contributed by atoms with Gasteiger partial charge in [0.15, 0.2) is 17.7 Å². The van der Waals surface area contributed by atoms with E-state index in [1.165, 1.54) is 19.8 Å². The van der Waals surface area contributed by atoms with Gasteiger partial charge in [-0.15, -0.1) is 0 Å². The molecule has 0 saturated carbocycles. The molecule has 0 aliphatic carbocycles. The van der Waals surface area contributed by atoms with Crippen molar-refractivity contribution >= 4 is 24.8 Å². The van der Waals surface area contributed by atoms with E-state index in [4.69, 9.17) is 24.3 Å². The van der Waals surface area contributed by atoms with Crippen molar-refractivity contribution in [2.45, 2.75) is 78.1 Å². The number of fused-ring (bicyclic) bond motifs is 1. The number of nitrogens with zero attached hydrogens (tertiary/aromatic N) is 4. The maximum absolute atomic E-state index is 12.8. The van der Waals surface area contributed by atoms with Gasteiger partial charge in [-0.3, -0.25) is 13.6 Å². The summed E-state index contributed by atoms with van der Waals surface area (Å²) in [6, 6.07) is 0. The lowest BCUT2D eigenvalue weighted by Gasteiger charge is -2.30. The maximum atomic E-state index is 12.8. The Kier molecular flexibility index (Phi) is 6.50. The Hall–Kier alpha value is -1.62. The molecule has 5 atom stereocenters. The molecule has 174 valence electrons. The molecule has 2 aromatic rings. The van der Waals surface area contributed by atoms with Crippen LogP contribution < -0.4 is 5.73 Å². The Morgan fingerprint density at radius 2 is 1.87 bits per heavy atom. The molecule has 3 heterocycles. The van der Waals surface area contributed by atoms with Crippen molar-refractivity contribution in [2.24, 2.45) is 5.41 Å². The molecule has 3 N–H and O–H groups in total. The summed E-state index contributed by atoms with van der Waals surface area (Å²) in [7, 11) is -2.91. The van der Waals surface area contributed by atoms with Gasteiger partial charge < -0.3 is 20.1 Å².